The number of benzene rings is 2. The zero-order valence-electron chi connectivity index (χ0n) is 12.1. The van der Waals surface area contributed by atoms with Gasteiger partial charge in [-0.05, 0) is 43.7 Å². The minimum absolute atomic E-state index is 0.0245. The molecule has 0 spiro atoms. The number of carbonyl (C=O) groups excluding carboxylic acids is 1. The van der Waals surface area contributed by atoms with Gasteiger partial charge in [-0.15, -0.1) is 0 Å². The van der Waals surface area contributed by atoms with Gasteiger partial charge in [-0.2, -0.15) is 0 Å². The third kappa shape index (κ3) is 4.53. The van der Waals surface area contributed by atoms with Gasteiger partial charge in [0.1, 0.15) is 5.75 Å². The monoisotopic (exact) mass is 284 g/mol. The van der Waals surface area contributed by atoms with Crippen LogP contribution in [0.5, 0.6) is 5.75 Å². The summed E-state index contributed by atoms with van der Waals surface area (Å²) in [6.45, 7) is 2.93. The van der Waals surface area contributed by atoms with E-state index >= 15 is 0 Å². The number of anilines is 2. The van der Waals surface area contributed by atoms with Crippen LogP contribution < -0.4 is 15.8 Å². The maximum Gasteiger partial charge on any atom is 0.161 e. The quantitative estimate of drug-likeness (QED) is 0.465. The van der Waals surface area contributed by atoms with E-state index in [0.29, 0.717) is 17.9 Å². The Bertz CT molecular complexity index is 597. The molecule has 110 valence electrons. The molecule has 0 bridgehead atoms. The summed E-state index contributed by atoms with van der Waals surface area (Å²) >= 11 is 0. The molecular formula is C17H20N2O2. The summed E-state index contributed by atoms with van der Waals surface area (Å²) in [5.41, 5.74) is 7.73. The largest absolute Gasteiger partial charge is 0.494 e. The van der Waals surface area contributed by atoms with Crippen LogP contribution in [0.4, 0.5) is 11.4 Å². The Morgan fingerprint density at radius 3 is 2.67 bits per heavy atom. The van der Waals surface area contributed by atoms with E-state index in [1.807, 2.05) is 36.4 Å². The van der Waals surface area contributed by atoms with Gasteiger partial charge in [0.15, 0.2) is 5.78 Å². The van der Waals surface area contributed by atoms with Crippen LogP contribution in [0.25, 0.3) is 0 Å². The van der Waals surface area contributed by atoms with Crippen LogP contribution in [-0.4, -0.2) is 18.9 Å². The number of ether oxygens (including phenoxy) is 1. The van der Waals surface area contributed by atoms with Crippen molar-refractivity contribution >= 4 is 17.2 Å². The lowest BCUT2D eigenvalue weighted by molar-refractivity contribution is 0.101. The Kier molecular flexibility index (Phi) is 5.21. The van der Waals surface area contributed by atoms with Crippen molar-refractivity contribution in [3.8, 4) is 5.75 Å². The fourth-order valence-corrected chi connectivity index (χ4v) is 1.98. The first kappa shape index (κ1) is 14.9. The second kappa shape index (κ2) is 7.33. The summed E-state index contributed by atoms with van der Waals surface area (Å²) < 4.78 is 5.61. The van der Waals surface area contributed by atoms with E-state index in [1.165, 1.54) is 6.92 Å². The number of para-hydroxylation sites is 1. The molecule has 0 aromatic heterocycles. The van der Waals surface area contributed by atoms with Gasteiger partial charge in [0.2, 0.25) is 0 Å². The summed E-state index contributed by atoms with van der Waals surface area (Å²) in [6.07, 6.45) is 0.870. The fraction of sp³-hybridized carbons (Fsp3) is 0.235. The highest BCUT2D eigenvalue weighted by Gasteiger charge is 2.05. The van der Waals surface area contributed by atoms with Crippen LogP contribution in [-0.2, 0) is 0 Å². The molecule has 0 heterocycles. The SMILES string of the molecule is CC(=O)c1cc(NCCCOc2ccccc2)ccc1N. The lowest BCUT2D eigenvalue weighted by Crippen LogP contribution is -2.08. The van der Waals surface area contributed by atoms with Crippen LogP contribution in [0.2, 0.25) is 0 Å². The van der Waals surface area contributed by atoms with Crippen LogP contribution >= 0.6 is 0 Å². The molecule has 0 saturated carbocycles. The number of Topliss-reactive ketones (excluding diaryl/α,β-unsaturated/α-hetero) is 1. The van der Waals surface area contributed by atoms with Gasteiger partial charge in [-0.3, -0.25) is 4.79 Å². The summed E-state index contributed by atoms with van der Waals surface area (Å²) in [7, 11) is 0. The lowest BCUT2D eigenvalue weighted by atomic mass is 10.1. The van der Waals surface area contributed by atoms with E-state index in [2.05, 4.69) is 5.32 Å². The number of rotatable bonds is 7. The molecule has 3 N–H and O–H groups in total. The standard InChI is InChI=1S/C17H20N2O2/c1-13(20)16-12-14(8-9-17(16)18)19-10-5-11-21-15-6-3-2-4-7-15/h2-4,6-9,12,19H,5,10-11,18H2,1H3. The van der Waals surface area contributed by atoms with E-state index < -0.39 is 0 Å². The number of hydrogen-bond donors (Lipinski definition) is 2. The Hall–Kier alpha value is -2.49. The number of hydrogen-bond acceptors (Lipinski definition) is 4. The van der Waals surface area contributed by atoms with Crippen molar-refractivity contribution in [3.63, 3.8) is 0 Å². The van der Waals surface area contributed by atoms with E-state index in [9.17, 15) is 4.79 Å². The summed E-state index contributed by atoms with van der Waals surface area (Å²) in [5, 5.41) is 3.27. The van der Waals surface area contributed by atoms with Gasteiger partial charge >= 0.3 is 0 Å². The van der Waals surface area contributed by atoms with E-state index in [1.54, 1.807) is 12.1 Å². The first-order valence-corrected chi connectivity index (χ1v) is 6.99. The molecule has 0 fully saturated rings. The van der Waals surface area contributed by atoms with Gasteiger partial charge in [0.25, 0.3) is 0 Å². The first-order valence-electron chi connectivity index (χ1n) is 6.99. The Morgan fingerprint density at radius 2 is 1.95 bits per heavy atom. The minimum atomic E-state index is -0.0245. The van der Waals surface area contributed by atoms with E-state index in [4.69, 9.17) is 10.5 Å². The van der Waals surface area contributed by atoms with E-state index in [-0.39, 0.29) is 5.78 Å². The topological polar surface area (TPSA) is 64.3 Å². The second-order valence-electron chi connectivity index (χ2n) is 4.80. The summed E-state index contributed by atoms with van der Waals surface area (Å²) in [6, 6.07) is 15.1. The predicted molar refractivity (Wildman–Crippen MR) is 85.9 cm³/mol. The fourth-order valence-electron chi connectivity index (χ4n) is 1.98. The normalized spacial score (nSPS) is 10.1. The molecule has 0 amide bonds. The molecule has 0 atom stereocenters. The molecule has 2 aromatic carbocycles. The van der Waals surface area contributed by atoms with Gasteiger partial charge in [-0.25, -0.2) is 0 Å². The Labute approximate surface area is 124 Å². The number of carbonyl (C=O) groups is 1. The Balaban J connectivity index is 1.76. The second-order valence-corrected chi connectivity index (χ2v) is 4.80. The molecular weight excluding hydrogens is 264 g/mol. The summed E-state index contributed by atoms with van der Waals surface area (Å²) in [4.78, 5) is 11.4. The zero-order chi connectivity index (χ0) is 15.1. The molecule has 0 aliphatic rings. The van der Waals surface area contributed by atoms with Gasteiger partial charge < -0.3 is 15.8 Å². The number of nitrogen functional groups attached to an aromatic ring is 1. The van der Waals surface area contributed by atoms with Gasteiger partial charge in [0.05, 0.1) is 6.61 Å². The zero-order valence-corrected chi connectivity index (χ0v) is 12.1. The van der Waals surface area contributed by atoms with Crippen molar-refractivity contribution in [2.75, 3.05) is 24.2 Å². The average molecular weight is 284 g/mol. The predicted octanol–water partition coefficient (Wildman–Crippen LogP) is 3.35. The maximum absolute atomic E-state index is 11.4. The van der Waals surface area contributed by atoms with Crippen molar-refractivity contribution < 1.29 is 9.53 Å². The molecule has 0 saturated heterocycles. The Morgan fingerprint density at radius 1 is 1.19 bits per heavy atom. The van der Waals surface area contributed by atoms with Crippen molar-refractivity contribution in [2.45, 2.75) is 13.3 Å². The minimum Gasteiger partial charge on any atom is -0.494 e. The van der Waals surface area contributed by atoms with Crippen molar-refractivity contribution in [3.05, 3.63) is 54.1 Å². The molecule has 0 unspecified atom stereocenters. The van der Waals surface area contributed by atoms with Crippen LogP contribution in [0.15, 0.2) is 48.5 Å². The number of nitrogens with one attached hydrogen (secondary N) is 1. The van der Waals surface area contributed by atoms with Crippen LogP contribution in [0, 0.1) is 0 Å². The molecule has 0 radical (unpaired) electrons. The molecule has 0 aliphatic heterocycles. The van der Waals surface area contributed by atoms with Crippen molar-refractivity contribution in [1.82, 2.24) is 0 Å². The molecule has 4 nitrogen and oxygen atoms in total. The number of ketones is 1. The first-order chi connectivity index (χ1) is 10.2. The average Bonchev–Trinajstić information content (AvgIpc) is 2.49. The smallest absolute Gasteiger partial charge is 0.161 e. The summed E-state index contributed by atoms with van der Waals surface area (Å²) in [5.74, 6) is 0.854. The number of nitrogens with two attached hydrogens (primary N) is 1. The lowest BCUT2D eigenvalue weighted by Gasteiger charge is -2.10. The van der Waals surface area contributed by atoms with Gasteiger partial charge in [0, 0.05) is 23.5 Å². The highest BCUT2D eigenvalue weighted by atomic mass is 16.5. The third-order valence-corrected chi connectivity index (χ3v) is 3.09. The molecule has 4 heteroatoms. The molecule has 2 aromatic rings. The highest BCUT2D eigenvalue weighted by molar-refractivity contribution is 5.99. The molecule has 21 heavy (non-hydrogen) atoms. The van der Waals surface area contributed by atoms with Gasteiger partial charge in [-0.1, -0.05) is 18.2 Å². The van der Waals surface area contributed by atoms with Crippen molar-refractivity contribution in [1.29, 1.82) is 0 Å². The maximum atomic E-state index is 11.4. The molecule has 2 rings (SSSR count). The highest BCUT2D eigenvalue weighted by Crippen LogP contribution is 2.18. The van der Waals surface area contributed by atoms with Crippen molar-refractivity contribution in [2.24, 2.45) is 0 Å². The van der Waals surface area contributed by atoms with Crippen LogP contribution in [0.1, 0.15) is 23.7 Å². The van der Waals surface area contributed by atoms with E-state index in [0.717, 1.165) is 24.4 Å². The third-order valence-electron chi connectivity index (χ3n) is 3.09. The van der Waals surface area contributed by atoms with Crippen LogP contribution in [0.3, 0.4) is 0 Å². The molecule has 0 aliphatic carbocycles.